The number of hydrogen-bond donors (Lipinski definition) is 1. The quantitative estimate of drug-likeness (QED) is 0.523. The Hall–Kier alpha value is -3.94. The summed E-state index contributed by atoms with van der Waals surface area (Å²) < 4.78 is 12.2. The van der Waals surface area contributed by atoms with E-state index in [9.17, 15) is 4.79 Å². The molecule has 4 aromatic rings. The van der Waals surface area contributed by atoms with Gasteiger partial charge >= 0.3 is 5.97 Å². The van der Waals surface area contributed by atoms with Gasteiger partial charge in [0.2, 0.25) is 5.88 Å². The largest absolute Gasteiger partial charge is 0.481 e. The fourth-order valence-electron chi connectivity index (χ4n) is 3.01. The van der Waals surface area contributed by atoms with Crippen LogP contribution in [0.2, 0.25) is 0 Å². The summed E-state index contributed by atoms with van der Waals surface area (Å²) in [6, 6.07) is 14.9. The zero-order valence-corrected chi connectivity index (χ0v) is 16.0. The van der Waals surface area contributed by atoms with Crippen molar-refractivity contribution in [2.24, 2.45) is 0 Å². The van der Waals surface area contributed by atoms with Crippen LogP contribution in [0.4, 0.5) is 5.82 Å². The van der Waals surface area contributed by atoms with Gasteiger partial charge in [0.15, 0.2) is 11.5 Å². The maximum absolute atomic E-state index is 11.0. The summed E-state index contributed by atoms with van der Waals surface area (Å²) in [7, 11) is 1.57. The molecule has 3 heterocycles. The molecule has 1 aromatic carbocycles. The monoisotopic (exact) mass is 389 g/mol. The predicted molar refractivity (Wildman–Crippen MR) is 109 cm³/mol. The number of esters is 1. The molecular formula is C21H19N5O3. The average molecular weight is 389 g/mol. The lowest BCUT2D eigenvalue weighted by atomic mass is 10.2. The number of fused-ring (bicyclic) bond motifs is 1. The zero-order chi connectivity index (χ0) is 20.4. The van der Waals surface area contributed by atoms with Crippen molar-refractivity contribution in [2.45, 2.75) is 13.5 Å². The Balaban J connectivity index is 1.88. The molecule has 4 rings (SSSR count). The van der Waals surface area contributed by atoms with Crippen molar-refractivity contribution in [3.05, 3.63) is 60.3 Å². The third kappa shape index (κ3) is 3.60. The Morgan fingerprint density at radius 3 is 2.59 bits per heavy atom. The van der Waals surface area contributed by atoms with Gasteiger partial charge in [0.1, 0.15) is 17.9 Å². The van der Waals surface area contributed by atoms with Crippen LogP contribution in [0, 0.1) is 0 Å². The van der Waals surface area contributed by atoms with E-state index >= 15 is 0 Å². The second kappa shape index (κ2) is 7.59. The Morgan fingerprint density at radius 2 is 1.90 bits per heavy atom. The first-order chi connectivity index (χ1) is 14.1. The van der Waals surface area contributed by atoms with E-state index in [1.54, 1.807) is 19.4 Å². The van der Waals surface area contributed by atoms with Crippen molar-refractivity contribution in [2.75, 3.05) is 12.8 Å². The molecule has 3 aromatic heterocycles. The number of hydrogen-bond acceptors (Lipinski definition) is 7. The van der Waals surface area contributed by atoms with Gasteiger partial charge in [-0.15, -0.1) is 0 Å². The predicted octanol–water partition coefficient (Wildman–Crippen LogP) is 3.14. The molecule has 0 aliphatic rings. The second-order valence-corrected chi connectivity index (χ2v) is 6.35. The molecule has 2 N–H and O–H groups in total. The highest BCUT2D eigenvalue weighted by Gasteiger charge is 2.18. The van der Waals surface area contributed by atoms with E-state index in [4.69, 9.17) is 20.2 Å². The molecule has 0 saturated heterocycles. The number of anilines is 1. The number of rotatable bonds is 5. The number of carbonyl (C=O) groups excluding carboxylic acids is 1. The molecule has 0 aliphatic carbocycles. The van der Waals surface area contributed by atoms with Gasteiger partial charge in [-0.1, -0.05) is 12.1 Å². The minimum absolute atomic E-state index is 0.217. The summed E-state index contributed by atoms with van der Waals surface area (Å²) in [5, 5.41) is 0. The van der Waals surface area contributed by atoms with E-state index in [0.717, 1.165) is 11.3 Å². The lowest BCUT2D eigenvalue weighted by Gasteiger charge is -2.11. The lowest BCUT2D eigenvalue weighted by Crippen LogP contribution is -2.03. The van der Waals surface area contributed by atoms with Crippen LogP contribution in [-0.2, 0) is 16.1 Å². The Morgan fingerprint density at radius 1 is 1.10 bits per heavy atom. The highest BCUT2D eigenvalue weighted by atomic mass is 16.5. The summed E-state index contributed by atoms with van der Waals surface area (Å²) in [5.41, 5.74) is 9.86. The second-order valence-electron chi connectivity index (χ2n) is 6.35. The zero-order valence-electron chi connectivity index (χ0n) is 16.0. The summed E-state index contributed by atoms with van der Waals surface area (Å²) in [6.07, 6.45) is 1.64. The normalized spacial score (nSPS) is 10.8. The van der Waals surface area contributed by atoms with E-state index in [0.29, 0.717) is 34.2 Å². The van der Waals surface area contributed by atoms with Crippen LogP contribution < -0.4 is 10.5 Å². The third-order valence-electron chi connectivity index (χ3n) is 4.40. The topological polar surface area (TPSA) is 105 Å². The number of ether oxygens (including phenoxy) is 2. The van der Waals surface area contributed by atoms with Gasteiger partial charge in [-0.2, -0.15) is 4.98 Å². The number of nitrogens with two attached hydrogens (primary N) is 1. The van der Waals surface area contributed by atoms with E-state index in [2.05, 4.69) is 9.97 Å². The average Bonchev–Trinajstić information content (AvgIpc) is 3.11. The number of imidazole rings is 1. The minimum atomic E-state index is -0.319. The Bertz CT molecular complexity index is 1180. The molecule has 0 fully saturated rings. The molecule has 146 valence electrons. The summed E-state index contributed by atoms with van der Waals surface area (Å²) >= 11 is 0. The van der Waals surface area contributed by atoms with E-state index in [-0.39, 0.29) is 12.6 Å². The van der Waals surface area contributed by atoms with Crippen molar-refractivity contribution in [3.63, 3.8) is 0 Å². The number of carbonyl (C=O) groups is 1. The minimum Gasteiger partial charge on any atom is -0.481 e. The molecule has 0 aliphatic heterocycles. The number of nitrogens with zero attached hydrogens (tertiary/aromatic N) is 4. The highest BCUT2D eigenvalue weighted by Crippen LogP contribution is 2.31. The van der Waals surface area contributed by atoms with Gasteiger partial charge in [-0.3, -0.25) is 9.36 Å². The maximum atomic E-state index is 11.0. The third-order valence-corrected chi connectivity index (χ3v) is 4.40. The van der Waals surface area contributed by atoms with Crippen LogP contribution in [0.25, 0.3) is 28.2 Å². The molecule has 0 amide bonds. The van der Waals surface area contributed by atoms with Gasteiger partial charge in [0.25, 0.3) is 0 Å². The van der Waals surface area contributed by atoms with Crippen molar-refractivity contribution in [1.82, 2.24) is 19.5 Å². The smallest absolute Gasteiger partial charge is 0.302 e. The van der Waals surface area contributed by atoms with E-state index in [1.807, 2.05) is 47.0 Å². The fourth-order valence-corrected chi connectivity index (χ4v) is 3.01. The number of pyridine rings is 2. The van der Waals surface area contributed by atoms with Gasteiger partial charge in [0.05, 0.1) is 12.7 Å². The Kier molecular flexibility index (Phi) is 4.82. The first kappa shape index (κ1) is 18.4. The molecular weight excluding hydrogens is 370 g/mol. The van der Waals surface area contributed by atoms with Crippen LogP contribution in [0.5, 0.6) is 5.88 Å². The standard InChI is InChI=1S/C21H19N5O3/c1-13(27)29-12-14-5-7-15(8-6-14)26-20(16-4-3-11-23-19(16)22)24-17-9-10-18(28-2)25-21(17)26/h3-11H,12H2,1-2H3,(H2,22,23). The lowest BCUT2D eigenvalue weighted by molar-refractivity contribution is -0.142. The van der Waals surface area contributed by atoms with Gasteiger partial charge < -0.3 is 15.2 Å². The van der Waals surface area contributed by atoms with Crippen molar-refractivity contribution >= 4 is 23.0 Å². The fraction of sp³-hybridized carbons (Fsp3) is 0.143. The molecule has 0 bridgehead atoms. The molecule has 0 spiro atoms. The Labute approximate surface area is 166 Å². The van der Waals surface area contributed by atoms with Crippen molar-refractivity contribution < 1.29 is 14.3 Å². The van der Waals surface area contributed by atoms with Crippen LogP contribution in [-0.4, -0.2) is 32.6 Å². The number of nitrogen functional groups attached to an aromatic ring is 1. The van der Waals surface area contributed by atoms with E-state index in [1.165, 1.54) is 6.92 Å². The van der Waals surface area contributed by atoms with Gasteiger partial charge in [-0.25, -0.2) is 9.97 Å². The number of methoxy groups -OCH3 is 1. The van der Waals surface area contributed by atoms with Crippen molar-refractivity contribution in [1.29, 1.82) is 0 Å². The molecule has 0 saturated carbocycles. The van der Waals surface area contributed by atoms with Gasteiger partial charge in [0, 0.05) is 24.9 Å². The van der Waals surface area contributed by atoms with Crippen LogP contribution >= 0.6 is 0 Å². The molecule has 29 heavy (non-hydrogen) atoms. The SMILES string of the molecule is COc1ccc2nc(-c3cccnc3N)n(-c3ccc(COC(C)=O)cc3)c2n1. The molecule has 0 unspecified atom stereocenters. The molecule has 8 nitrogen and oxygen atoms in total. The summed E-state index contributed by atoms with van der Waals surface area (Å²) in [4.78, 5) is 24.5. The number of benzene rings is 1. The molecule has 0 radical (unpaired) electrons. The highest BCUT2D eigenvalue weighted by molar-refractivity contribution is 5.83. The van der Waals surface area contributed by atoms with Crippen LogP contribution in [0.3, 0.4) is 0 Å². The molecule has 8 heteroatoms. The van der Waals surface area contributed by atoms with Crippen LogP contribution in [0.15, 0.2) is 54.7 Å². The van der Waals surface area contributed by atoms with Crippen molar-refractivity contribution in [3.8, 4) is 23.0 Å². The first-order valence-corrected chi connectivity index (χ1v) is 8.94. The molecule has 0 atom stereocenters. The van der Waals surface area contributed by atoms with Crippen LogP contribution in [0.1, 0.15) is 12.5 Å². The number of aromatic nitrogens is 4. The summed E-state index contributed by atoms with van der Waals surface area (Å²) in [5.74, 6) is 1.16. The maximum Gasteiger partial charge on any atom is 0.302 e. The first-order valence-electron chi connectivity index (χ1n) is 8.94. The van der Waals surface area contributed by atoms with Gasteiger partial charge in [-0.05, 0) is 35.9 Å². The summed E-state index contributed by atoms with van der Waals surface area (Å²) in [6.45, 7) is 1.60. The van der Waals surface area contributed by atoms with E-state index < -0.39 is 0 Å².